The van der Waals surface area contributed by atoms with Gasteiger partial charge in [-0.1, -0.05) is 72.3 Å². The molecule has 1 amide bonds. The Morgan fingerprint density at radius 3 is 2.06 bits per heavy atom. The molecule has 0 atom stereocenters. The van der Waals surface area contributed by atoms with Crippen molar-refractivity contribution in [1.82, 2.24) is 0 Å². The zero-order valence-electron chi connectivity index (χ0n) is 18.4. The van der Waals surface area contributed by atoms with E-state index in [1.54, 1.807) is 48.5 Å². The van der Waals surface area contributed by atoms with E-state index in [0.29, 0.717) is 10.2 Å². The smallest absolute Gasteiger partial charge is 0.278 e. The predicted octanol–water partition coefficient (Wildman–Crippen LogP) is 6.23. The van der Waals surface area contributed by atoms with Crippen LogP contribution in [0.25, 0.3) is 11.1 Å². The van der Waals surface area contributed by atoms with Crippen LogP contribution in [0.15, 0.2) is 112 Å². The number of rotatable bonds is 7. The molecule has 4 aromatic carbocycles. The van der Waals surface area contributed by atoms with Crippen LogP contribution in [0.3, 0.4) is 0 Å². The van der Waals surface area contributed by atoms with Crippen molar-refractivity contribution in [2.75, 3.05) is 10.9 Å². The van der Waals surface area contributed by atoms with Gasteiger partial charge < -0.3 is 4.74 Å². The van der Waals surface area contributed by atoms with Crippen LogP contribution in [-0.4, -0.2) is 20.9 Å². The highest BCUT2D eigenvalue weighted by Crippen LogP contribution is 2.31. The van der Waals surface area contributed by atoms with E-state index in [1.807, 2.05) is 49.4 Å². The van der Waals surface area contributed by atoms with E-state index in [-0.39, 0.29) is 10.6 Å². The Labute approximate surface area is 207 Å². The summed E-state index contributed by atoms with van der Waals surface area (Å²) in [6.45, 7) is 1.41. The second-order valence-corrected chi connectivity index (χ2v) is 10.3. The van der Waals surface area contributed by atoms with E-state index in [0.717, 1.165) is 21.0 Å². The maximum absolute atomic E-state index is 13.4. The first-order valence-electron chi connectivity index (χ1n) is 10.5. The number of carbonyl (C=O) groups excluding carboxylic acids is 1. The molecule has 0 fully saturated rings. The molecule has 0 radical (unpaired) electrons. The molecule has 0 bridgehead atoms. The van der Waals surface area contributed by atoms with Gasteiger partial charge in [0.25, 0.3) is 15.9 Å². The van der Waals surface area contributed by atoms with E-state index in [1.165, 1.54) is 12.1 Å². The lowest BCUT2D eigenvalue weighted by Crippen LogP contribution is -2.40. The second kappa shape index (κ2) is 10.2. The number of aryl methyl sites for hydroxylation is 1. The van der Waals surface area contributed by atoms with E-state index in [2.05, 4.69) is 15.9 Å². The monoisotopic (exact) mass is 535 g/mol. The van der Waals surface area contributed by atoms with Gasteiger partial charge in [0.15, 0.2) is 6.61 Å². The molecule has 7 heteroatoms. The van der Waals surface area contributed by atoms with Crippen molar-refractivity contribution in [3.8, 4) is 16.9 Å². The minimum absolute atomic E-state index is 0.0312. The maximum Gasteiger partial charge on any atom is 0.278 e. The Balaban J connectivity index is 1.59. The van der Waals surface area contributed by atoms with Gasteiger partial charge in [-0.25, -0.2) is 8.42 Å². The van der Waals surface area contributed by atoms with Crippen LogP contribution in [0.2, 0.25) is 0 Å². The number of sulfonamides is 1. The molecule has 5 nitrogen and oxygen atoms in total. The number of amides is 1. The minimum atomic E-state index is -4.14. The summed E-state index contributed by atoms with van der Waals surface area (Å²) in [6, 6.07) is 30.1. The van der Waals surface area contributed by atoms with E-state index in [9.17, 15) is 13.2 Å². The molecular formula is C27H22BrNO4S. The number of anilines is 1. The van der Waals surface area contributed by atoms with Gasteiger partial charge in [-0.2, -0.15) is 4.31 Å². The van der Waals surface area contributed by atoms with Gasteiger partial charge in [0.2, 0.25) is 0 Å². The summed E-state index contributed by atoms with van der Waals surface area (Å²) >= 11 is 3.49. The number of benzene rings is 4. The van der Waals surface area contributed by atoms with Gasteiger partial charge in [-0.05, 0) is 70.4 Å². The molecule has 4 rings (SSSR count). The van der Waals surface area contributed by atoms with Crippen LogP contribution in [0.5, 0.6) is 5.75 Å². The SMILES string of the molecule is Cc1ccc(S(=O)(=O)N(C(=O)COc2ccc(-c3ccccc3)cc2Br)c2ccccc2)cc1. The van der Waals surface area contributed by atoms with E-state index >= 15 is 0 Å². The highest BCUT2D eigenvalue weighted by Gasteiger charge is 2.31. The Bertz CT molecular complexity index is 1390. The molecular weight excluding hydrogens is 514 g/mol. The first kappa shape index (κ1) is 23.7. The third kappa shape index (κ3) is 5.21. The molecule has 0 saturated carbocycles. The van der Waals surface area contributed by atoms with Crippen molar-refractivity contribution >= 4 is 37.5 Å². The van der Waals surface area contributed by atoms with Crippen molar-refractivity contribution < 1.29 is 17.9 Å². The zero-order chi connectivity index (χ0) is 24.1. The molecule has 0 aliphatic heterocycles. The average molecular weight is 536 g/mol. The van der Waals surface area contributed by atoms with Crippen molar-refractivity contribution in [2.45, 2.75) is 11.8 Å². The predicted molar refractivity (Wildman–Crippen MR) is 137 cm³/mol. The third-order valence-corrected chi connectivity index (χ3v) is 7.55. The summed E-state index contributed by atoms with van der Waals surface area (Å²) in [5.74, 6) is -0.264. The van der Waals surface area contributed by atoms with Gasteiger partial charge in [-0.3, -0.25) is 4.79 Å². The minimum Gasteiger partial charge on any atom is -0.483 e. The lowest BCUT2D eigenvalue weighted by Gasteiger charge is -2.23. The Morgan fingerprint density at radius 2 is 1.44 bits per heavy atom. The molecule has 34 heavy (non-hydrogen) atoms. The summed E-state index contributed by atoms with van der Waals surface area (Å²) in [4.78, 5) is 13.2. The molecule has 0 N–H and O–H groups in total. The standard InChI is InChI=1S/C27H22BrNO4S/c1-20-12-15-24(16-13-20)34(31,32)29(23-10-6-3-7-11-23)27(30)19-33-26-17-14-22(18-25(26)28)21-8-4-2-5-9-21/h2-18H,19H2,1H3. The van der Waals surface area contributed by atoms with Gasteiger partial charge in [0.05, 0.1) is 15.1 Å². The lowest BCUT2D eigenvalue weighted by atomic mass is 10.1. The first-order valence-corrected chi connectivity index (χ1v) is 12.8. The summed E-state index contributed by atoms with van der Waals surface area (Å²) < 4.78 is 34.0. The normalized spacial score (nSPS) is 11.1. The molecule has 4 aromatic rings. The van der Waals surface area contributed by atoms with Crippen LogP contribution in [0.1, 0.15) is 5.56 Å². The number of nitrogens with zero attached hydrogens (tertiary/aromatic N) is 1. The fourth-order valence-corrected chi connectivity index (χ4v) is 5.33. The third-order valence-electron chi connectivity index (χ3n) is 5.17. The number of carbonyl (C=O) groups is 1. The number of ether oxygens (including phenoxy) is 1. The molecule has 0 spiro atoms. The molecule has 0 heterocycles. The highest BCUT2D eigenvalue weighted by atomic mass is 79.9. The fourth-order valence-electron chi connectivity index (χ4n) is 3.42. The summed E-state index contributed by atoms with van der Waals surface area (Å²) in [6.07, 6.45) is 0. The summed E-state index contributed by atoms with van der Waals surface area (Å²) in [5, 5.41) is 0. The molecule has 0 aliphatic rings. The number of hydrogen-bond acceptors (Lipinski definition) is 4. The molecule has 0 unspecified atom stereocenters. The van der Waals surface area contributed by atoms with Crippen LogP contribution in [-0.2, 0) is 14.8 Å². The topological polar surface area (TPSA) is 63.7 Å². The van der Waals surface area contributed by atoms with E-state index in [4.69, 9.17) is 4.74 Å². The first-order chi connectivity index (χ1) is 16.4. The van der Waals surface area contributed by atoms with Crippen molar-refractivity contribution in [3.05, 3.63) is 113 Å². The second-order valence-electron chi connectivity index (χ2n) is 7.61. The quantitative estimate of drug-likeness (QED) is 0.281. The molecule has 172 valence electrons. The van der Waals surface area contributed by atoms with Gasteiger partial charge in [0, 0.05) is 0 Å². The summed E-state index contributed by atoms with van der Waals surface area (Å²) in [7, 11) is -4.14. The summed E-state index contributed by atoms with van der Waals surface area (Å²) in [5.41, 5.74) is 3.20. The lowest BCUT2D eigenvalue weighted by molar-refractivity contribution is -0.119. The van der Waals surface area contributed by atoms with Crippen LogP contribution < -0.4 is 9.04 Å². The molecule has 0 saturated heterocycles. The molecule has 0 aromatic heterocycles. The van der Waals surface area contributed by atoms with Crippen LogP contribution in [0, 0.1) is 6.92 Å². The zero-order valence-corrected chi connectivity index (χ0v) is 20.8. The number of hydrogen-bond donors (Lipinski definition) is 0. The van der Waals surface area contributed by atoms with Crippen LogP contribution in [0.4, 0.5) is 5.69 Å². The maximum atomic E-state index is 13.4. The largest absolute Gasteiger partial charge is 0.483 e. The fraction of sp³-hybridized carbons (Fsp3) is 0.0741. The molecule has 0 aliphatic carbocycles. The number of halogens is 1. The van der Waals surface area contributed by atoms with Gasteiger partial charge >= 0.3 is 0 Å². The average Bonchev–Trinajstić information content (AvgIpc) is 2.84. The number of para-hydroxylation sites is 1. The van der Waals surface area contributed by atoms with Gasteiger partial charge in [-0.15, -0.1) is 0 Å². The van der Waals surface area contributed by atoms with Crippen molar-refractivity contribution in [1.29, 1.82) is 0 Å². The van der Waals surface area contributed by atoms with Crippen molar-refractivity contribution in [3.63, 3.8) is 0 Å². The Morgan fingerprint density at radius 1 is 0.824 bits per heavy atom. The Kier molecular flexibility index (Phi) is 7.14. The highest BCUT2D eigenvalue weighted by molar-refractivity contribution is 9.10. The van der Waals surface area contributed by atoms with E-state index < -0.39 is 22.5 Å². The Hall–Kier alpha value is -3.42. The van der Waals surface area contributed by atoms with Crippen molar-refractivity contribution in [2.24, 2.45) is 0 Å². The van der Waals surface area contributed by atoms with Crippen LogP contribution >= 0.6 is 15.9 Å². The van der Waals surface area contributed by atoms with Gasteiger partial charge in [0.1, 0.15) is 5.75 Å².